The van der Waals surface area contributed by atoms with E-state index in [0.717, 1.165) is 4.90 Å². The van der Waals surface area contributed by atoms with Crippen molar-refractivity contribution in [3.05, 3.63) is 11.8 Å². The van der Waals surface area contributed by atoms with Gasteiger partial charge in [-0.15, -0.1) is 0 Å². The van der Waals surface area contributed by atoms with Gasteiger partial charge < -0.3 is 40.7 Å². The lowest BCUT2D eigenvalue weighted by Gasteiger charge is -2.35. The number of carbonyl (C=O) groups excluding carboxylic acids is 1. The monoisotopic (exact) mass is 346 g/mol. The zero-order valence-electron chi connectivity index (χ0n) is 13.3. The van der Waals surface area contributed by atoms with Gasteiger partial charge in [-0.2, -0.15) is 0 Å². The molecule has 1 rings (SSSR count). The minimum Gasteiger partial charge on any atom is -0.479 e. The predicted molar refractivity (Wildman–Crippen MR) is 81.1 cm³/mol. The third-order valence-corrected chi connectivity index (χ3v) is 3.20. The van der Waals surface area contributed by atoms with Crippen LogP contribution in [0, 0.1) is 5.41 Å². The van der Waals surface area contributed by atoms with Crippen molar-refractivity contribution in [2.45, 2.75) is 30.8 Å². The van der Waals surface area contributed by atoms with Crippen molar-refractivity contribution in [3.63, 3.8) is 0 Å². The molecule has 0 aliphatic carbocycles. The molecule has 136 valence electrons. The van der Waals surface area contributed by atoms with E-state index < -0.39 is 48.8 Å². The summed E-state index contributed by atoms with van der Waals surface area (Å²) in [5, 5.41) is 38.0. The summed E-state index contributed by atoms with van der Waals surface area (Å²) in [7, 11) is 2.85. The second kappa shape index (κ2) is 8.36. The Morgan fingerprint density at radius 2 is 2.21 bits per heavy atom. The van der Waals surface area contributed by atoms with E-state index in [1.54, 1.807) is 0 Å². The van der Waals surface area contributed by atoms with Gasteiger partial charge in [0, 0.05) is 20.5 Å². The molecule has 1 heterocycles. The van der Waals surface area contributed by atoms with Crippen molar-refractivity contribution >= 4 is 18.0 Å². The molecule has 0 fully saturated rings. The van der Waals surface area contributed by atoms with Crippen LogP contribution in [0.1, 0.15) is 6.42 Å². The molecular weight excluding hydrogens is 324 g/mol. The standard InChI is InChI=1S/C13H22N4O7/c1-17(2)13(22)24-10(7(19)5-18)8-3-6(16-12(14)15)4-9(23-8)11(20)21/h4,6-8,10,18-19H,3,5H2,1-2H3,(H,20,21)(H4,14,15,16)/t6-,7-,8-,10-/m1/s1. The van der Waals surface area contributed by atoms with E-state index in [1.165, 1.54) is 20.2 Å². The van der Waals surface area contributed by atoms with Gasteiger partial charge in [-0.1, -0.05) is 0 Å². The van der Waals surface area contributed by atoms with E-state index in [4.69, 9.17) is 30.8 Å². The molecule has 0 radical (unpaired) electrons. The molecular formula is C13H22N4O7. The summed E-state index contributed by atoms with van der Waals surface area (Å²) in [6.45, 7) is -0.720. The van der Waals surface area contributed by atoms with Crippen LogP contribution in [-0.2, 0) is 14.3 Å². The molecule has 0 aromatic heterocycles. The summed E-state index contributed by atoms with van der Waals surface area (Å²) < 4.78 is 10.4. The highest BCUT2D eigenvalue weighted by Crippen LogP contribution is 2.24. The summed E-state index contributed by atoms with van der Waals surface area (Å²) in [5.74, 6) is -2.20. The van der Waals surface area contributed by atoms with Gasteiger partial charge in [0.05, 0.1) is 12.6 Å². The number of nitrogens with two attached hydrogens (primary N) is 1. The van der Waals surface area contributed by atoms with Gasteiger partial charge in [-0.05, 0) is 6.08 Å². The molecule has 0 saturated heterocycles. The van der Waals surface area contributed by atoms with Gasteiger partial charge >= 0.3 is 12.1 Å². The van der Waals surface area contributed by atoms with E-state index in [1.807, 2.05) is 0 Å². The first-order valence-electron chi connectivity index (χ1n) is 7.04. The molecule has 0 saturated carbocycles. The summed E-state index contributed by atoms with van der Waals surface area (Å²) in [5.41, 5.74) is 5.25. The molecule has 1 amide bonds. The Morgan fingerprint density at radius 1 is 1.58 bits per heavy atom. The zero-order chi connectivity index (χ0) is 18.4. The Labute approximate surface area is 138 Å². The van der Waals surface area contributed by atoms with Crippen molar-refractivity contribution in [2.75, 3.05) is 20.7 Å². The number of amides is 1. The Bertz CT molecular complexity index is 522. The Kier molecular flexibility index (Phi) is 6.80. The molecule has 11 heteroatoms. The Balaban J connectivity index is 3.03. The van der Waals surface area contributed by atoms with Crippen molar-refractivity contribution < 1.29 is 34.4 Å². The summed E-state index contributed by atoms with van der Waals surface area (Å²) in [6.07, 6.45) is -3.38. The summed E-state index contributed by atoms with van der Waals surface area (Å²) in [4.78, 5) is 24.0. The number of nitrogens with one attached hydrogen (secondary N) is 2. The first-order valence-corrected chi connectivity index (χ1v) is 7.04. The summed E-state index contributed by atoms with van der Waals surface area (Å²) >= 11 is 0. The SMILES string of the molecule is CN(C)C(=O)O[C@H]([C@H](O)CO)[C@H]1C[C@@H](NC(=N)N)C=C(C(=O)O)O1. The number of carbonyl (C=O) groups is 2. The number of hydrogen-bond acceptors (Lipinski definition) is 7. The number of aliphatic hydroxyl groups is 2. The molecule has 0 unspecified atom stereocenters. The number of rotatable bonds is 6. The quantitative estimate of drug-likeness (QED) is 0.235. The molecule has 0 spiro atoms. The topological polar surface area (TPSA) is 178 Å². The average Bonchev–Trinajstić information content (AvgIpc) is 2.50. The molecule has 11 nitrogen and oxygen atoms in total. The number of guanidine groups is 1. The van der Waals surface area contributed by atoms with Crippen LogP contribution in [-0.4, -0.2) is 83.3 Å². The molecule has 24 heavy (non-hydrogen) atoms. The van der Waals surface area contributed by atoms with E-state index in [-0.39, 0.29) is 12.4 Å². The smallest absolute Gasteiger partial charge is 0.409 e. The lowest BCUT2D eigenvalue weighted by molar-refractivity contribution is -0.144. The third kappa shape index (κ3) is 5.28. The number of ether oxygens (including phenoxy) is 2. The van der Waals surface area contributed by atoms with Gasteiger partial charge in [0.15, 0.2) is 12.1 Å². The maximum Gasteiger partial charge on any atom is 0.409 e. The number of carboxylic acids is 1. The molecule has 4 atom stereocenters. The second-order valence-electron chi connectivity index (χ2n) is 5.39. The number of carboxylic acid groups (broad SMARTS) is 1. The van der Waals surface area contributed by atoms with Crippen LogP contribution in [0.5, 0.6) is 0 Å². The molecule has 0 aromatic rings. The number of aliphatic hydroxyl groups excluding tert-OH is 2. The number of nitrogens with zero attached hydrogens (tertiary/aromatic N) is 1. The van der Waals surface area contributed by atoms with Crippen LogP contribution < -0.4 is 11.1 Å². The Hall–Kier alpha value is -2.53. The number of aliphatic carboxylic acids is 1. The van der Waals surface area contributed by atoms with Crippen molar-refractivity contribution in [1.82, 2.24) is 10.2 Å². The van der Waals surface area contributed by atoms with E-state index in [2.05, 4.69) is 5.32 Å². The molecule has 1 aliphatic rings. The fraction of sp³-hybridized carbons (Fsp3) is 0.615. The van der Waals surface area contributed by atoms with E-state index in [9.17, 15) is 14.7 Å². The predicted octanol–water partition coefficient (Wildman–Crippen LogP) is -1.98. The molecule has 7 N–H and O–H groups in total. The molecule has 1 aliphatic heterocycles. The van der Waals surface area contributed by atoms with Crippen molar-refractivity contribution in [1.29, 1.82) is 5.41 Å². The van der Waals surface area contributed by atoms with E-state index in [0.29, 0.717) is 0 Å². The van der Waals surface area contributed by atoms with Crippen LogP contribution in [0.25, 0.3) is 0 Å². The zero-order valence-corrected chi connectivity index (χ0v) is 13.3. The van der Waals surface area contributed by atoms with Crippen LogP contribution in [0.2, 0.25) is 0 Å². The van der Waals surface area contributed by atoms with Crippen molar-refractivity contribution in [3.8, 4) is 0 Å². The van der Waals surface area contributed by atoms with Crippen LogP contribution >= 0.6 is 0 Å². The highest BCUT2D eigenvalue weighted by Gasteiger charge is 2.39. The van der Waals surface area contributed by atoms with E-state index >= 15 is 0 Å². The van der Waals surface area contributed by atoms with Crippen molar-refractivity contribution in [2.24, 2.45) is 5.73 Å². The normalized spacial score (nSPS) is 22.4. The first kappa shape index (κ1) is 19.5. The van der Waals surface area contributed by atoms with Gasteiger partial charge in [-0.25, -0.2) is 9.59 Å². The fourth-order valence-electron chi connectivity index (χ4n) is 2.10. The van der Waals surface area contributed by atoms with Gasteiger partial charge in [0.2, 0.25) is 5.76 Å². The van der Waals surface area contributed by atoms with Gasteiger partial charge in [0.25, 0.3) is 0 Å². The highest BCUT2D eigenvalue weighted by atomic mass is 16.6. The minimum absolute atomic E-state index is 0.0544. The minimum atomic E-state index is -1.48. The highest BCUT2D eigenvalue weighted by molar-refractivity contribution is 5.85. The number of hydrogen-bond donors (Lipinski definition) is 6. The lowest BCUT2D eigenvalue weighted by atomic mass is 9.97. The second-order valence-corrected chi connectivity index (χ2v) is 5.39. The lowest BCUT2D eigenvalue weighted by Crippen LogP contribution is -2.51. The maximum absolute atomic E-state index is 11.7. The van der Waals surface area contributed by atoms with Gasteiger partial charge in [0.1, 0.15) is 12.2 Å². The largest absolute Gasteiger partial charge is 0.479 e. The molecule has 0 aromatic carbocycles. The molecule has 0 bridgehead atoms. The maximum atomic E-state index is 11.7. The first-order chi connectivity index (χ1) is 11.1. The average molecular weight is 346 g/mol. The summed E-state index contributed by atoms with van der Waals surface area (Å²) in [6, 6.07) is -0.682. The van der Waals surface area contributed by atoms with Crippen LogP contribution in [0.15, 0.2) is 11.8 Å². The fourth-order valence-corrected chi connectivity index (χ4v) is 2.10. The Morgan fingerprint density at radius 3 is 2.67 bits per heavy atom. The van der Waals surface area contributed by atoms with Gasteiger partial charge in [-0.3, -0.25) is 5.41 Å². The van der Waals surface area contributed by atoms with Crippen LogP contribution in [0.3, 0.4) is 0 Å². The van der Waals surface area contributed by atoms with Crippen LogP contribution in [0.4, 0.5) is 4.79 Å². The third-order valence-electron chi connectivity index (χ3n) is 3.20.